The average Bonchev–Trinajstić information content (AvgIpc) is 2.72. The first-order chi connectivity index (χ1) is 6.75. The van der Waals surface area contributed by atoms with Crippen molar-refractivity contribution < 1.29 is 0 Å². The molecule has 0 spiro atoms. The largest absolute Gasteiger partial charge is 0.394 e. The van der Waals surface area contributed by atoms with E-state index in [0.717, 1.165) is 5.69 Å². The summed E-state index contributed by atoms with van der Waals surface area (Å²) in [5.41, 5.74) is 9.18. The second kappa shape index (κ2) is 3.67. The molecule has 0 aromatic carbocycles. The van der Waals surface area contributed by atoms with E-state index < -0.39 is 0 Å². The van der Waals surface area contributed by atoms with Crippen molar-refractivity contribution in [3.8, 4) is 0 Å². The van der Waals surface area contributed by atoms with E-state index in [1.807, 2.05) is 12.4 Å². The van der Waals surface area contributed by atoms with Gasteiger partial charge in [-0.1, -0.05) is 0 Å². The van der Waals surface area contributed by atoms with E-state index in [4.69, 9.17) is 5.73 Å². The number of aryl methyl sites for hydroxylation is 1. The average molecular weight is 209 g/mol. The van der Waals surface area contributed by atoms with Crippen LogP contribution in [0.1, 0.15) is 5.69 Å². The summed E-state index contributed by atoms with van der Waals surface area (Å²) < 4.78 is 1.68. The van der Waals surface area contributed by atoms with Crippen molar-refractivity contribution >= 4 is 22.8 Å². The summed E-state index contributed by atoms with van der Waals surface area (Å²) >= 11 is 1.58. The SMILES string of the molecule is Cn1cc(N)c(NCc2cscn2)n1. The molecule has 3 N–H and O–H groups in total. The maximum absolute atomic E-state index is 5.72. The highest BCUT2D eigenvalue weighted by Gasteiger charge is 2.03. The fraction of sp³-hybridized carbons (Fsp3) is 0.250. The molecular weight excluding hydrogens is 198 g/mol. The number of nitrogens with zero attached hydrogens (tertiary/aromatic N) is 3. The Hall–Kier alpha value is -1.56. The molecule has 0 amide bonds. The molecule has 14 heavy (non-hydrogen) atoms. The van der Waals surface area contributed by atoms with Gasteiger partial charge >= 0.3 is 0 Å². The molecule has 0 atom stereocenters. The van der Waals surface area contributed by atoms with Crippen molar-refractivity contribution in [2.45, 2.75) is 6.54 Å². The van der Waals surface area contributed by atoms with Gasteiger partial charge in [0, 0.05) is 18.6 Å². The van der Waals surface area contributed by atoms with Crippen molar-refractivity contribution in [3.05, 3.63) is 22.8 Å². The molecule has 0 unspecified atom stereocenters. The number of anilines is 2. The number of nitrogens with one attached hydrogen (secondary N) is 1. The van der Waals surface area contributed by atoms with Crippen molar-refractivity contribution in [1.82, 2.24) is 14.8 Å². The summed E-state index contributed by atoms with van der Waals surface area (Å²) in [6.45, 7) is 0.657. The molecule has 2 heterocycles. The quantitative estimate of drug-likeness (QED) is 0.793. The lowest BCUT2D eigenvalue weighted by atomic mass is 10.4. The minimum Gasteiger partial charge on any atom is -0.394 e. The number of nitrogens with two attached hydrogens (primary N) is 1. The van der Waals surface area contributed by atoms with Gasteiger partial charge in [0.2, 0.25) is 0 Å². The van der Waals surface area contributed by atoms with E-state index in [1.165, 1.54) is 0 Å². The van der Waals surface area contributed by atoms with Crippen molar-refractivity contribution in [2.24, 2.45) is 7.05 Å². The number of rotatable bonds is 3. The Balaban J connectivity index is 2.01. The summed E-state index contributed by atoms with van der Waals surface area (Å²) in [5.74, 6) is 0.709. The van der Waals surface area contributed by atoms with Gasteiger partial charge in [0.1, 0.15) is 0 Å². The van der Waals surface area contributed by atoms with Crippen LogP contribution in [0.4, 0.5) is 11.5 Å². The van der Waals surface area contributed by atoms with Crippen LogP contribution >= 0.6 is 11.3 Å². The predicted molar refractivity (Wildman–Crippen MR) is 57.1 cm³/mol. The number of aromatic nitrogens is 3. The van der Waals surface area contributed by atoms with E-state index in [-0.39, 0.29) is 0 Å². The maximum atomic E-state index is 5.72. The van der Waals surface area contributed by atoms with Gasteiger partial charge in [-0.3, -0.25) is 4.68 Å². The van der Waals surface area contributed by atoms with Crippen LogP contribution in [0.25, 0.3) is 0 Å². The smallest absolute Gasteiger partial charge is 0.171 e. The van der Waals surface area contributed by atoms with Crippen LogP contribution in [-0.2, 0) is 13.6 Å². The highest BCUT2D eigenvalue weighted by Crippen LogP contribution is 2.15. The highest BCUT2D eigenvalue weighted by atomic mass is 32.1. The molecule has 5 nitrogen and oxygen atoms in total. The number of hydrogen-bond acceptors (Lipinski definition) is 5. The zero-order chi connectivity index (χ0) is 9.97. The second-order valence-corrected chi connectivity index (χ2v) is 3.66. The van der Waals surface area contributed by atoms with E-state index in [0.29, 0.717) is 18.1 Å². The lowest BCUT2D eigenvalue weighted by molar-refractivity contribution is 0.768. The van der Waals surface area contributed by atoms with Crippen molar-refractivity contribution in [2.75, 3.05) is 11.1 Å². The molecule has 0 aliphatic rings. The summed E-state index contributed by atoms with van der Waals surface area (Å²) in [6, 6.07) is 0. The van der Waals surface area contributed by atoms with E-state index >= 15 is 0 Å². The van der Waals surface area contributed by atoms with E-state index in [1.54, 1.807) is 27.7 Å². The van der Waals surface area contributed by atoms with Gasteiger partial charge in [-0.2, -0.15) is 5.10 Å². The van der Waals surface area contributed by atoms with Gasteiger partial charge in [-0.05, 0) is 0 Å². The maximum Gasteiger partial charge on any atom is 0.171 e. The molecule has 0 bridgehead atoms. The number of nitrogen functional groups attached to an aromatic ring is 1. The molecule has 0 aliphatic carbocycles. The topological polar surface area (TPSA) is 68.8 Å². The Morgan fingerprint density at radius 1 is 1.64 bits per heavy atom. The highest BCUT2D eigenvalue weighted by molar-refractivity contribution is 7.07. The fourth-order valence-corrected chi connectivity index (χ4v) is 1.70. The second-order valence-electron chi connectivity index (χ2n) is 2.94. The minimum atomic E-state index is 0.655. The number of thiazole rings is 1. The van der Waals surface area contributed by atoms with Gasteiger partial charge < -0.3 is 11.1 Å². The summed E-state index contributed by atoms with van der Waals surface area (Å²) in [4.78, 5) is 4.15. The lowest BCUT2D eigenvalue weighted by Crippen LogP contribution is -2.02. The lowest BCUT2D eigenvalue weighted by Gasteiger charge is -2.00. The van der Waals surface area contributed by atoms with Crippen molar-refractivity contribution in [3.63, 3.8) is 0 Å². The molecule has 0 saturated carbocycles. The van der Waals surface area contributed by atoms with Crippen LogP contribution < -0.4 is 11.1 Å². The molecule has 0 radical (unpaired) electrons. The van der Waals surface area contributed by atoms with Crippen LogP contribution in [0, 0.1) is 0 Å². The molecule has 0 saturated heterocycles. The van der Waals surface area contributed by atoms with Crippen LogP contribution in [0.2, 0.25) is 0 Å². The normalized spacial score (nSPS) is 10.4. The fourth-order valence-electron chi connectivity index (χ4n) is 1.14. The first kappa shape index (κ1) is 9.01. The van der Waals surface area contributed by atoms with Crippen LogP contribution in [-0.4, -0.2) is 14.8 Å². The van der Waals surface area contributed by atoms with Gasteiger partial charge in [-0.15, -0.1) is 11.3 Å². The zero-order valence-electron chi connectivity index (χ0n) is 7.77. The Morgan fingerprint density at radius 2 is 2.50 bits per heavy atom. The van der Waals surface area contributed by atoms with Crippen LogP contribution in [0.15, 0.2) is 17.1 Å². The molecule has 0 aliphatic heterocycles. The first-order valence-corrected chi connectivity index (χ1v) is 5.10. The zero-order valence-corrected chi connectivity index (χ0v) is 8.58. The Bertz CT molecular complexity index is 405. The molecule has 2 rings (SSSR count). The van der Waals surface area contributed by atoms with Gasteiger partial charge in [0.05, 0.1) is 23.4 Å². The van der Waals surface area contributed by atoms with Gasteiger partial charge in [0.15, 0.2) is 5.82 Å². The van der Waals surface area contributed by atoms with Gasteiger partial charge in [-0.25, -0.2) is 4.98 Å². The number of hydrogen-bond donors (Lipinski definition) is 2. The molecular formula is C8H11N5S. The third kappa shape index (κ3) is 1.85. The Labute approximate surface area is 85.6 Å². The summed E-state index contributed by atoms with van der Waals surface area (Å²) in [7, 11) is 1.84. The van der Waals surface area contributed by atoms with E-state index in [9.17, 15) is 0 Å². The predicted octanol–water partition coefficient (Wildman–Crippen LogP) is 1.07. The third-order valence-electron chi connectivity index (χ3n) is 1.78. The first-order valence-electron chi connectivity index (χ1n) is 4.16. The minimum absolute atomic E-state index is 0.655. The summed E-state index contributed by atoms with van der Waals surface area (Å²) in [5, 5.41) is 9.28. The molecule has 74 valence electrons. The van der Waals surface area contributed by atoms with Crippen molar-refractivity contribution in [1.29, 1.82) is 0 Å². The van der Waals surface area contributed by atoms with Crippen LogP contribution in [0.3, 0.4) is 0 Å². The summed E-state index contributed by atoms with van der Waals surface area (Å²) in [6.07, 6.45) is 1.77. The van der Waals surface area contributed by atoms with Gasteiger partial charge in [0.25, 0.3) is 0 Å². The molecule has 2 aromatic rings. The molecule has 6 heteroatoms. The van der Waals surface area contributed by atoms with Crippen LogP contribution in [0.5, 0.6) is 0 Å². The molecule has 2 aromatic heterocycles. The third-order valence-corrected chi connectivity index (χ3v) is 2.41. The Morgan fingerprint density at radius 3 is 3.07 bits per heavy atom. The standard InChI is InChI=1S/C8H11N5S/c1-13-3-7(9)8(12-13)10-2-6-4-14-5-11-6/h3-5H,2,9H2,1H3,(H,10,12). The molecule has 0 fully saturated rings. The van der Waals surface area contributed by atoms with E-state index in [2.05, 4.69) is 15.4 Å². The Kier molecular flexibility index (Phi) is 2.36. The monoisotopic (exact) mass is 209 g/mol.